The molecule has 1 atom stereocenters. The maximum absolute atomic E-state index is 12.4. The highest BCUT2D eigenvalue weighted by atomic mass is 79.9. The minimum atomic E-state index is -0.0481. The third-order valence-electron chi connectivity index (χ3n) is 3.91. The van der Waals surface area contributed by atoms with Crippen molar-refractivity contribution < 1.29 is 4.79 Å². The van der Waals surface area contributed by atoms with Gasteiger partial charge in [0.2, 0.25) is 0 Å². The lowest BCUT2D eigenvalue weighted by Crippen LogP contribution is -2.45. The zero-order chi connectivity index (χ0) is 14.5. The third-order valence-corrected chi connectivity index (χ3v) is 4.83. The summed E-state index contributed by atoms with van der Waals surface area (Å²) in [4.78, 5) is 12.4. The Morgan fingerprint density at radius 1 is 1.20 bits per heavy atom. The molecule has 1 unspecified atom stereocenters. The molecule has 0 aromatic heterocycles. The average molecular weight is 404 g/mol. The standard InChI is InChI=1S/C15H20Br2N2O/c16-12-6-11(7-13(17)8-12)15(20)19-14(9-18)10-4-2-1-3-5-10/h6-8,10,14H,1-5,9,18H2,(H,19,20). The number of hydrogen-bond acceptors (Lipinski definition) is 2. The van der Waals surface area contributed by atoms with Crippen LogP contribution in [0.25, 0.3) is 0 Å². The first-order chi connectivity index (χ1) is 9.60. The van der Waals surface area contributed by atoms with Gasteiger partial charge in [-0.1, -0.05) is 51.1 Å². The van der Waals surface area contributed by atoms with Gasteiger partial charge < -0.3 is 11.1 Å². The summed E-state index contributed by atoms with van der Waals surface area (Å²) in [5.41, 5.74) is 6.51. The minimum absolute atomic E-state index is 0.0481. The highest BCUT2D eigenvalue weighted by Crippen LogP contribution is 2.26. The molecule has 0 bridgehead atoms. The SMILES string of the molecule is NCC(NC(=O)c1cc(Br)cc(Br)c1)C1CCCCC1. The summed E-state index contributed by atoms with van der Waals surface area (Å²) in [5.74, 6) is 0.473. The molecule has 3 nitrogen and oxygen atoms in total. The van der Waals surface area contributed by atoms with E-state index in [1.54, 1.807) is 0 Å². The molecule has 20 heavy (non-hydrogen) atoms. The summed E-state index contributed by atoms with van der Waals surface area (Å²) in [7, 11) is 0. The van der Waals surface area contributed by atoms with E-state index in [9.17, 15) is 4.79 Å². The Hall–Kier alpha value is -0.390. The van der Waals surface area contributed by atoms with Gasteiger partial charge in [-0.25, -0.2) is 0 Å². The molecule has 0 heterocycles. The molecule has 1 aromatic rings. The van der Waals surface area contributed by atoms with Crippen LogP contribution in [-0.2, 0) is 0 Å². The Labute approximate surface area is 136 Å². The Morgan fingerprint density at radius 2 is 1.80 bits per heavy atom. The Kier molecular flexibility index (Phi) is 6.05. The molecule has 1 aliphatic carbocycles. The summed E-state index contributed by atoms with van der Waals surface area (Å²) in [6.07, 6.45) is 6.15. The molecule has 3 N–H and O–H groups in total. The van der Waals surface area contributed by atoms with Gasteiger partial charge in [-0.2, -0.15) is 0 Å². The molecule has 0 saturated heterocycles. The van der Waals surface area contributed by atoms with Crippen LogP contribution in [0.15, 0.2) is 27.1 Å². The van der Waals surface area contributed by atoms with E-state index < -0.39 is 0 Å². The second kappa shape index (κ2) is 7.57. The molecule has 1 fully saturated rings. The van der Waals surface area contributed by atoms with E-state index in [4.69, 9.17) is 5.73 Å². The number of rotatable bonds is 4. The number of carbonyl (C=O) groups excluding carboxylic acids is 1. The van der Waals surface area contributed by atoms with Crippen molar-refractivity contribution >= 4 is 37.8 Å². The second-order valence-corrected chi connectivity index (χ2v) is 7.20. The van der Waals surface area contributed by atoms with Crippen molar-refractivity contribution in [2.45, 2.75) is 38.1 Å². The lowest BCUT2D eigenvalue weighted by atomic mass is 9.84. The van der Waals surface area contributed by atoms with E-state index >= 15 is 0 Å². The lowest BCUT2D eigenvalue weighted by Gasteiger charge is -2.30. The number of benzene rings is 1. The molecule has 1 amide bonds. The van der Waals surface area contributed by atoms with Crippen LogP contribution in [0.1, 0.15) is 42.5 Å². The highest BCUT2D eigenvalue weighted by Gasteiger charge is 2.24. The van der Waals surface area contributed by atoms with Crippen molar-refractivity contribution in [3.63, 3.8) is 0 Å². The van der Waals surface area contributed by atoms with Crippen molar-refractivity contribution in [3.05, 3.63) is 32.7 Å². The normalized spacial score (nSPS) is 17.8. The van der Waals surface area contributed by atoms with Crippen LogP contribution >= 0.6 is 31.9 Å². The maximum Gasteiger partial charge on any atom is 0.251 e. The Bertz CT molecular complexity index is 453. The zero-order valence-electron chi connectivity index (χ0n) is 11.4. The van der Waals surface area contributed by atoms with Gasteiger partial charge in [0.1, 0.15) is 0 Å². The van der Waals surface area contributed by atoms with Crippen molar-refractivity contribution in [1.29, 1.82) is 0 Å². The van der Waals surface area contributed by atoms with Crippen LogP contribution in [0.4, 0.5) is 0 Å². The van der Waals surface area contributed by atoms with E-state index in [1.807, 2.05) is 18.2 Å². The number of carbonyl (C=O) groups is 1. The van der Waals surface area contributed by atoms with Gasteiger partial charge in [-0.15, -0.1) is 0 Å². The fraction of sp³-hybridized carbons (Fsp3) is 0.533. The second-order valence-electron chi connectivity index (χ2n) is 5.37. The molecule has 0 spiro atoms. The van der Waals surface area contributed by atoms with Crippen LogP contribution < -0.4 is 11.1 Å². The third kappa shape index (κ3) is 4.30. The maximum atomic E-state index is 12.4. The summed E-state index contributed by atoms with van der Waals surface area (Å²) in [6.45, 7) is 0.506. The minimum Gasteiger partial charge on any atom is -0.348 e. The predicted molar refractivity (Wildman–Crippen MR) is 88.7 cm³/mol. The molecular weight excluding hydrogens is 384 g/mol. The first-order valence-corrected chi connectivity index (χ1v) is 8.66. The zero-order valence-corrected chi connectivity index (χ0v) is 14.5. The van der Waals surface area contributed by atoms with Gasteiger partial charge >= 0.3 is 0 Å². The number of nitrogens with one attached hydrogen (secondary N) is 1. The lowest BCUT2D eigenvalue weighted by molar-refractivity contribution is 0.0915. The van der Waals surface area contributed by atoms with Gasteiger partial charge in [0.05, 0.1) is 0 Å². The Morgan fingerprint density at radius 3 is 2.35 bits per heavy atom. The number of hydrogen-bond donors (Lipinski definition) is 2. The van der Waals surface area contributed by atoms with Crippen molar-refractivity contribution in [3.8, 4) is 0 Å². The van der Waals surface area contributed by atoms with Crippen LogP contribution in [0.2, 0.25) is 0 Å². The van der Waals surface area contributed by atoms with Crippen molar-refractivity contribution in [2.75, 3.05) is 6.54 Å². The predicted octanol–water partition coefficient (Wildman–Crippen LogP) is 3.85. The summed E-state index contributed by atoms with van der Waals surface area (Å²) in [6, 6.07) is 5.65. The molecule has 1 aromatic carbocycles. The first kappa shape index (κ1) is 16.0. The van der Waals surface area contributed by atoms with Crippen molar-refractivity contribution in [2.24, 2.45) is 11.7 Å². The van der Waals surface area contributed by atoms with Crippen LogP contribution in [-0.4, -0.2) is 18.5 Å². The van der Waals surface area contributed by atoms with E-state index in [0.29, 0.717) is 18.0 Å². The van der Waals surface area contributed by atoms with Crippen LogP contribution in [0.5, 0.6) is 0 Å². The number of halogens is 2. The first-order valence-electron chi connectivity index (χ1n) is 7.07. The molecule has 0 radical (unpaired) electrons. The molecule has 5 heteroatoms. The van der Waals surface area contributed by atoms with Crippen LogP contribution in [0.3, 0.4) is 0 Å². The monoisotopic (exact) mass is 402 g/mol. The van der Waals surface area contributed by atoms with E-state index in [0.717, 1.165) is 8.95 Å². The van der Waals surface area contributed by atoms with Crippen molar-refractivity contribution in [1.82, 2.24) is 5.32 Å². The molecule has 1 saturated carbocycles. The number of amides is 1. The summed E-state index contributed by atoms with van der Waals surface area (Å²) >= 11 is 6.81. The quantitative estimate of drug-likeness (QED) is 0.802. The fourth-order valence-electron chi connectivity index (χ4n) is 2.84. The van der Waals surface area contributed by atoms with E-state index in [2.05, 4.69) is 37.2 Å². The summed E-state index contributed by atoms with van der Waals surface area (Å²) < 4.78 is 1.78. The van der Waals surface area contributed by atoms with Gasteiger partial charge in [0, 0.05) is 27.1 Å². The summed E-state index contributed by atoms with van der Waals surface area (Å²) in [5, 5.41) is 3.10. The molecule has 1 aliphatic rings. The van der Waals surface area contributed by atoms with Gasteiger partial charge in [0.25, 0.3) is 5.91 Å². The van der Waals surface area contributed by atoms with Gasteiger partial charge in [0.15, 0.2) is 0 Å². The van der Waals surface area contributed by atoms with Gasteiger partial charge in [-0.3, -0.25) is 4.79 Å². The highest BCUT2D eigenvalue weighted by molar-refractivity contribution is 9.11. The molecule has 110 valence electrons. The van der Waals surface area contributed by atoms with Crippen LogP contribution in [0, 0.1) is 5.92 Å². The van der Waals surface area contributed by atoms with Gasteiger partial charge in [-0.05, 0) is 37.0 Å². The average Bonchev–Trinajstić information content (AvgIpc) is 2.44. The number of nitrogens with two attached hydrogens (primary N) is 1. The molecule has 0 aliphatic heterocycles. The molecular formula is C15H20Br2N2O. The topological polar surface area (TPSA) is 55.1 Å². The van der Waals surface area contributed by atoms with E-state index in [1.165, 1.54) is 32.1 Å². The smallest absolute Gasteiger partial charge is 0.251 e. The largest absolute Gasteiger partial charge is 0.348 e. The van der Waals surface area contributed by atoms with E-state index in [-0.39, 0.29) is 11.9 Å². The fourth-order valence-corrected chi connectivity index (χ4v) is 4.14. The molecule has 2 rings (SSSR count). The Balaban J connectivity index is 2.04.